The average Bonchev–Trinajstić information content (AvgIpc) is 2.51. The van der Waals surface area contributed by atoms with E-state index in [1.165, 1.54) is 17.8 Å². The largest absolute Gasteiger partial charge is 0.507 e. The van der Waals surface area contributed by atoms with Gasteiger partial charge in [0.2, 0.25) is 0 Å². The zero-order valence-corrected chi connectivity index (χ0v) is 13.3. The highest BCUT2D eigenvalue weighted by Crippen LogP contribution is 2.35. The first-order chi connectivity index (χ1) is 11.0. The summed E-state index contributed by atoms with van der Waals surface area (Å²) < 4.78 is 4.88. The Bertz CT molecular complexity index is 709. The second kappa shape index (κ2) is 7.69. The zero-order chi connectivity index (χ0) is 16.8. The third kappa shape index (κ3) is 4.75. The molecular weight excluding hydrogens is 316 g/mol. The lowest BCUT2D eigenvalue weighted by Crippen LogP contribution is -2.04. The summed E-state index contributed by atoms with van der Waals surface area (Å²) in [6.07, 6.45) is -0.0234. The van der Waals surface area contributed by atoms with Crippen LogP contribution in [0.1, 0.15) is 22.8 Å². The molecule has 0 atom stereocenters. The summed E-state index contributed by atoms with van der Waals surface area (Å²) in [6.45, 7) is 1.99. The van der Waals surface area contributed by atoms with Crippen LogP contribution in [-0.4, -0.2) is 28.8 Å². The number of carboxylic acid groups (broad SMARTS) is 1. The summed E-state index contributed by atoms with van der Waals surface area (Å²) in [6, 6.07) is 11.7. The van der Waals surface area contributed by atoms with E-state index < -0.39 is 11.9 Å². The molecule has 0 unspecified atom stereocenters. The Kier molecular flexibility index (Phi) is 5.65. The number of hydrogen-bond donors (Lipinski definition) is 2. The van der Waals surface area contributed by atoms with Gasteiger partial charge in [-0.1, -0.05) is 23.9 Å². The van der Waals surface area contributed by atoms with E-state index in [0.29, 0.717) is 16.0 Å². The molecule has 0 spiro atoms. The predicted octanol–water partition coefficient (Wildman–Crippen LogP) is 3.35. The maximum atomic E-state index is 11.6. The van der Waals surface area contributed by atoms with Gasteiger partial charge in [0.1, 0.15) is 5.75 Å². The number of esters is 1. The Hall–Kier alpha value is -2.47. The Morgan fingerprint density at radius 2 is 1.83 bits per heavy atom. The van der Waals surface area contributed by atoms with Crippen molar-refractivity contribution in [1.82, 2.24) is 0 Å². The van der Waals surface area contributed by atoms with Gasteiger partial charge in [0.15, 0.2) is 0 Å². The lowest BCUT2D eigenvalue weighted by Gasteiger charge is -2.07. The lowest BCUT2D eigenvalue weighted by atomic mass is 10.2. The number of rotatable bonds is 6. The van der Waals surface area contributed by atoms with Crippen molar-refractivity contribution in [2.45, 2.75) is 23.1 Å². The number of benzene rings is 2. The molecule has 0 fully saturated rings. The van der Waals surface area contributed by atoms with Gasteiger partial charge in [0, 0.05) is 4.90 Å². The molecule has 2 rings (SSSR count). The lowest BCUT2D eigenvalue weighted by molar-refractivity contribution is -0.136. The molecule has 0 aliphatic rings. The molecular formula is C17H16O5S. The standard InChI is InChI=1S/C17H16O5S/c1-2-22-17(21)12-5-8-15(14(18)10-12)23-13-6-3-11(4-7-13)9-16(19)20/h3-8,10,18H,2,9H2,1H3,(H,19,20). The molecule has 0 aliphatic heterocycles. The molecule has 0 aliphatic carbocycles. The SMILES string of the molecule is CCOC(=O)c1ccc(Sc2ccc(CC(=O)O)cc2)c(O)c1. The van der Waals surface area contributed by atoms with Crippen LogP contribution in [0.3, 0.4) is 0 Å². The summed E-state index contributed by atoms with van der Waals surface area (Å²) >= 11 is 1.33. The second-order valence-electron chi connectivity index (χ2n) is 4.72. The highest BCUT2D eigenvalue weighted by molar-refractivity contribution is 7.99. The Morgan fingerprint density at radius 1 is 1.13 bits per heavy atom. The van der Waals surface area contributed by atoms with E-state index in [0.717, 1.165) is 4.90 Å². The quantitative estimate of drug-likeness (QED) is 0.789. The summed E-state index contributed by atoms with van der Waals surface area (Å²) in [5.41, 5.74) is 1.01. The third-order valence-electron chi connectivity index (χ3n) is 2.98. The van der Waals surface area contributed by atoms with Crippen molar-refractivity contribution in [2.24, 2.45) is 0 Å². The molecule has 2 N–H and O–H groups in total. The molecule has 0 saturated heterocycles. The van der Waals surface area contributed by atoms with Gasteiger partial charge < -0.3 is 14.9 Å². The molecule has 0 aromatic heterocycles. The molecule has 0 heterocycles. The van der Waals surface area contributed by atoms with Gasteiger partial charge in [-0.2, -0.15) is 0 Å². The minimum atomic E-state index is -0.877. The van der Waals surface area contributed by atoms with Crippen molar-refractivity contribution in [3.05, 3.63) is 53.6 Å². The fourth-order valence-electron chi connectivity index (χ4n) is 1.92. The van der Waals surface area contributed by atoms with Gasteiger partial charge in [0.05, 0.1) is 23.5 Å². The molecule has 120 valence electrons. The number of aromatic hydroxyl groups is 1. The van der Waals surface area contributed by atoms with E-state index in [-0.39, 0.29) is 18.8 Å². The molecule has 6 heteroatoms. The molecule has 0 saturated carbocycles. The van der Waals surface area contributed by atoms with Crippen molar-refractivity contribution in [3.63, 3.8) is 0 Å². The van der Waals surface area contributed by atoms with E-state index >= 15 is 0 Å². The number of carbonyl (C=O) groups excluding carboxylic acids is 1. The predicted molar refractivity (Wildman–Crippen MR) is 86.0 cm³/mol. The normalized spacial score (nSPS) is 10.3. The Labute approximate surface area is 137 Å². The fraction of sp³-hybridized carbons (Fsp3) is 0.176. The maximum absolute atomic E-state index is 11.6. The van der Waals surface area contributed by atoms with Gasteiger partial charge in [-0.05, 0) is 42.8 Å². The van der Waals surface area contributed by atoms with Crippen LogP contribution >= 0.6 is 11.8 Å². The van der Waals surface area contributed by atoms with Gasteiger partial charge in [-0.15, -0.1) is 0 Å². The molecule has 23 heavy (non-hydrogen) atoms. The van der Waals surface area contributed by atoms with Gasteiger partial charge in [-0.25, -0.2) is 4.79 Å². The smallest absolute Gasteiger partial charge is 0.338 e. The molecule has 2 aromatic carbocycles. The van der Waals surface area contributed by atoms with Crippen molar-refractivity contribution in [2.75, 3.05) is 6.61 Å². The second-order valence-corrected chi connectivity index (χ2v) is 5.83. The summed E-state index contributed by atoms with van der Waals surface area (Å²) in [5.74, 6) is -1.36. The topological polar surface area (TPSA) is 83.8 Å². The van der Waals surface area contributed by atoms with Crippen molar-refractivity contribution < 1.29 is 24.5 Å². The maximum Gasteiger partial charge on any atom is 0.338 e. The van der Waals surface area contributed by atoms with E-state index in [1.807, 2.05) is 0 Å². The zero-order valence-electron chi connectivity index (χ0n) is 12.5. The summed E-state index contributed by atoms with van der Waals surface area (Å²) in [5, 5.41) is 18.8. The minimum Gasteiger partial charge on any atom is -0.507 e. The van der Waals surface area contributed by atoms with Crippen molar-refractivity contribution in [1.29, 1.82) is 0 Å². The van der Waals surface area contributed by atoms with E-state index in [2.05, 4.69) is 0 Å². The van der Waals surface area contributed by atoms with Crippen LogP contribution in [0.4, 0.5) is 0 Å². The average molecular weight is 332 g/mol. The van der Waals surface area contributed by atoms with Crippen LogP contribution < -0.4 is 0 Å². The number of hydrogen-bond acceptors (Lipinski definition) is 5. The number of carboxylic acids is 1. The van der Waals surface area contributed by atoms with Crippen LogP contribution in [-0.2, 0) is 16.0 Å². The highest BCUT2D eigenvalue weighted by atomic mass is 32.2. The number of phenolic OH excluding ortho intramolecular Hbond substituents is 1. The number of aliphatic carboxylic acids is 1. The number of ether oxygens (including phenoxy) is 1. The molecule has 0 amide bonds. The fourth-order valence-corrected chi connectivity index (χ4v) is 2.75. The van der Waals surface area contributed by atoms with Crippen LogP contribution in [0.15, 0.2) is 52.3 Å². The van der Waals surface area contributed by atoms with Crippen LogP contribution in [0.5, 0.6) is 5.75 Å². The van der Waals surface area contributed by atoms with Gasteiger partial charge in [-0.3, -0.25) is 4.79 Å². The first-order valence-electron chi connectivity index (χ1n) is 6.98. The Balaban J connectivity index is 2.11. The molecule has 2 aromatic rings. The monoisotopic (exact) mass is 332 g/mol. The summed E-state index contributed by atoms with van der Waals surface area (Å²) in [7, 11) is 0. The number of phenols is 1. The first-order valence-corrected chi connectivity index (χ1v) is 7.80. The third-order valence-corrected chi connectivity index (χ3v) is 4.05. The van der Waals surface area contributed by atoms with Gasteiger partial charge in [0.25, 0.3) is 0 Å². The van der Waals surface area contributed by atoms with Gasteiger partial charge >= 0.3 is 11.9 Å². The highest BCUT2D eigenvalue weighted by Gasteiger charge is 2.11. The minimum absolute atomic E-state index is 0.00448. The van der Waals surface area contributed by atoms with Crippen LogP contribution in [0.25, 0.3) is 0 Å². The summed E-state index contributed by atoms with van der Waals surface area (Å²) in [4.78, 5) is 23.7. The van der Waals surface area contributed by atoms with E-state index in [4.69, 9.17) is 9.84 Å². The first kappa shape index (κ1) is 16.9. The van der Waals surface area contributed by atoms with Crippen LogP contribution in [0, 0.1) is 0 Å². The number of carbonyl (C=O) groups is 2. The van der Waals surface area contributed by atoms with Crippen molar-refractivity contribution in [3.8, 4) is 5.75 Å². The molecule has 5 nitrogen and oxygen atoms in total. The van der Waals surface area contributed by atoms with E-state index in [1.54, 1.807) is 43.3 Å². The van der Waals surface area contributed by atoms with Crippen LogP contribution in [0.2, 0.25) is 0 Å². The molecule has 0 radical (unpaired) electrons. The van der Waals surface area contributed by atoms with Crippen molar-refractivity contribution >= 4 is 23.7 Å². The molecule has 0 bridgehead atoms. The van der Waals surface area contributed by atoms with E-state index in [9.17, 15) is 14.7 Å². The Morgan fingerprint density at radius 3 is 2.39 bits per heavy atom.